The fraction of sp³-hybridized carbons (Fsp3) is 0.143. The predicted octanol–water partition coefficient (Wildman–Crippen LogP) is 5.69. The van der Waals surface area contributed by atoms with E-state index in [4.69, 9.17) is 27.9 Å². The molecule has 0 saturated heterocycles. The minimum atomic E-state index is -4.56. The van der Waals surface area contributed by atoms with E-state index in [1.807, 2.05) is 0 Å². The first-order chi connectivity index (χ1) is 9.36. The monoisotopic (exact) mass is 320 g/mol. The summed E-state index contributed by atoms with van der Waals surface area (Å²) in [5.74, 6) is -0.258. The molecule has 2 aromatic carbocycles. The Morgan fingerprint density at radius 1 is 0.950 bits per heavy atom. The third kappa shape index (κ3) is 2.72. The highest BCUT2D eigenvalue weighted by Gasteiger charge is 2.37. The van der Waals surface area contributed by atoms with Gasteiger partial charge in [0.05, 0.1) is 17.2 Å². The molecule has 1 nitrogen and oxygen atoms in total. The van der Waals surface area contributed by atoms with E-state index in [0.29, 0.717) is 0 Å². The molecule has 0 aliphatic carbocycles. The largest absolute Gasteiger partial charge is 0.496 e. The lowest BCUT2D eigenvalue weighted by atomic mass is 9.98. The van der Waals surface area contributed by atoms with Crippen LogP contribution in [0.3, 0.4) is 0 Å². The minimum absolute atomic E-state index is 0.0654. The number of rotatable bonds is 2. The summed E-state index contributed by atoms with van der Waals surface area (Å²) in [7, 11) is 1.19. The molecule has 0 unspecified atom stereocenters. The summed E-state index contributed by atoms with van der Waals surface area (Å²) >= 11 is 11.9. The first-order valence-electron chi connectivity index (χ1n) is 5.55. The summed E-state index contributed by atoms with van der Waals surface area (Å²) in [6, 6.07) is 8.61. The maximum absolute atomic E-state index is 13.3. The molecule has 2 rings (SSSR count). The van der Waals surface area contributed by atoms with Gasteiger partial charge in [-0.1, -0.05) is 47.5 Å². The van der Waals surface area contributed by atoms with Crippen LogP contribution >= 0.6 is 23.2 Å². The van der Waals surface area contributed by atoms with E-state index in [1.54, 1.807) is 6.07 Å². The molecule has 20 heavy (non-hydrogen) atoms. The van der Waals surface area contributed by atoms with Gasteiger partial charge in [0, 0.05) is 5.56 Å². The molecule has 0 heterocycles. The van der Waals surface area contributed by atoms with E-state index < -0.39 is 11.7 Å². The molecule has 0 amide bonds. The van der Waals surface area contributed by atoms with Gasteiger partial charge in [-0.15, -0.1) is 0 Å². The molecular weight excluding hydrogens is 312 g/mol. The Hall–Kier alpha value is -1.39. The molecule has 0 radical (unpaired) electrons. The topological polar surface area (TPSA) is 9.23 Å². The van der Waals surface area contributed by atoms with Crippen LogP contribution in [0.2, 0.25) is 10.0 Å². The van der Waals surface area contributed by atoms with Gasteiger partial charge in [-0.3, -0.25) is 0 Å². The van der Waals surface area contributed by atoms with Crippen LogP contribution < -0.4 is 4.74 Å². The number of alkyl halides is 3. The van der Waals surface area contributed by atoms with Crippen molar-refractivity contribution >= 4 is 23.2 Å². The van der Waals surface area contributed by atoms with Gasteiger partial charge in [0.25, 0.3) is 0 Å². The van der Waals surface area contributed by atoms with Crippen molar-refractivity contribution in [2.45, 2.75) is 6.18 Å². The van der Waals surface area contributed by atoms with E-state index >= 15 is 0 Å². The Morgan fingerprint density at radius 2 is 1.55 bits per heavy atom. The van der Waals surface area contributed by atoms with Crippen molar-refractivity contribution in [2.24, 2.45) is 0 Å². The fourth-order valence-electron chi connectivity index (χ4n) is 1.93. The standard InChI is InChI=1S/C14H9Cl2F3O/c1-20-11-7-3-4-8(12(11)14(17,18)19)9-5-2-6-10(15)13(9)16/h2-7H,1H3. The van der Waals surface area contributed by atoms with Gasteiger partial charge < -0.3 is 4.74 Å². The maximum atomic E-state index is 13.3. The Morgan fingerprint density at radius 3 is 2.15 bits per heavy atom. The lowest BCUT2D eigenvalue weighted by molar-refractivity contribution is -0.138. The lowest BCUT2D eigenvalue weighted by Gasteiger charge is -2.17. The normalized spacial score (nSPS) is 11.5. The number of benzene rings is 2. The van der Waals surface area contributed by atoms with Gasteiger partial charge in [0.15, 0.2) is 0 Å². The number of hydrogen-bond donors (Lipinski definition) is 0. The van der Waals surface area contributed by atoms with Crippen LogP contribution in [0, 0.1) is 0 Å². The van der Waals surface area contributed by atoms with Crippen molar-refractivity contribution in [3.05, 3.63) is 52.0 Å². The van der Waals surface area contributed by atoms with Crippen molar-refractivity contribution in [1.29, 1.82) is 0 Å². The highest BCUT2D eigenvalue weighted by Crippen LogP contribution is 2.45. The second-order valence-corrected chi connectivity index (χ2v) is 4.77. The van der Waals surface area contributed by atoms with Gasteiger partial charge in [-0.2, -0.15) is 13.2 Å². The van der Waals surface area contributed by atoms with E-state index in [2.05, 4.69) is 0 Å². The van der Waals surface area contributed by atoms with Crippen molar-refractivity contribution in [1.82, 2.24) is 0 Å². The van der Waals surface area contributed by atoms with Crippen LogP contribution in [-0.2, 0) is 6.18 Å². The van der Waals surface area contributed by atoms with Gasteiger partial charge >= 0.3 is 6.18 Å². The van der Waals surface area contributed by atoms with Crippen LogP contribution in [0.5, 0.6) is 5.75 Å². The summed E-state index contributed by atoms with van der Waals surface area (Å²) in [6.45, 7) is 0. The van der Waals surface area contributed by atoms with Crippen molar-refractivity contribution < 1.29 is 17.9 Å². The Balaban J connectivity index is 2.78. The molecule has 6 heteroatoms. The summed E-state index contributed by atoms with van der Waals surface area (Å²) in [6.07, 6.45) is -4.56. The number of ether oxygens (including phenoxy) is 1. The smallest absolute Gasteiger partial charge is 0.420 e. The van der Waals surface area contributed by atoms with E-state index in [0.717, 1.165) is 0 Å². The summed E-state index contributed by atoms with van der Waals surface area (Å²) in [4.78, 5) is 0. The Bertz CT molecular complexity index is 639. The highest BCUT2D eigenvalue weighted by molar-refractivity contribution is 6.43. The van der Waals surface area contributed by atoms with E-state index in [9.17, 15) is 13.2 Å². The molecular formula is C14H9Cl2F3O. The van der Waals surface area contributed by atoms with Crippen molar-refractivity contribution in [3.8, 4) is 16.9 Å². The molecule has 0 fully saturated rings. The molecule has 0 aromatic heterocycles. The van der Waals surface area contributed by atoms with Crippen LogP contribution in [0.4, 0.5) is 13.2 Å². The number of methoxy groups -OCH3 is 1. The molecule has 0 aliphatic rings. The van der Waals surface area contributed by atoms with Crippen LogP contribution in [-0.4, -0.2) is 7.11 Å². The highest BCUT2D eigenvalue weighted by atomic mass is 35.5. The molecule has 0 atom stereocenters. The summed E-state index contributed by atoms with van der Waals surface area (Å²) in [5, 5.41) is 0.271. The first kappa shape index (κ1) is 15.0. The zero-order chi connectivity index (χ0) is 14.9. The lowest BCUT2D eigenvalue weighted by Crippen LogP contribution is -2.09. The van der Waals surface area contributed by atoms with E-state index in [-0.39, 0.29) is 26.9 Å². The summed E-state index contributed by atoms with van der Waals surface area (Å²) < 4.78 is 44.6. The zero-order valence-corrected chi connectivity index (χ0v) is 11.8. The minimum Gasteiger partial charge on any atom is -0.496 e. The SMILES string of the molecule is COc1cccc(-c2cccc(Cl)c2Cl)c1C(F)(F)F. The second-order valence-electron chi connectivity index (χ2n) is 3.98. The summed E-state index contributed by atoms with van der Waals surface area (Å²) in [5.41, 5.74) is -0.721. The van der Waals surface area contributed by atoms with Crippen LogP contribution in [0.1, 0.15) is 5.56 Å². The van der Waals surface area contributed by atoms with Crippen molar-refractivity contribution in [3.63, 3.8) is 0 Å². The van der Waals surface area contributed by atoms with Gasteiger partial charge in [0.1, 0.15) is 11.3 Å². The van der Waals surface area contributed by atoms with Gasteiger partial charge in [-0.05, 0) is 17.7 Å². The third-order valence-corrected chi connectivity index (χ3v) is 3.59. The van der Waals surface area contributed by atoms with E-state index in [1.165, 1.54) is 37.4 Å². The molecule has 0 N–H and O–H groups in total. The fourth-order valence-corrected chi connectivity index (χ4v) is 2.33. The third-order valence-electron chi connectivity index (χ3n) is 2.77. The Kier molecular flexibility index (Phi) is 4.16. The number of halogens is 5. The molecule has 0 spiro atoms. The molecule has 106 valence electrons. The first-order valence-corrected chi connectivity index (χ1v) is 6.30. The van der Waals surface area contributed by atoms with Gasteiger partial charge in [0.2, 0.25) is 0 Å². The van der Waals surface area contributed by atoms with Crippen LogP contribution in [0.25, 0.3) is 11.1 Å². The second kappa shape index (κ2) is 5.54. The quantitative estimate of drug-likeness (QED) is 0.690. The molecule has 0 saturated carbocycles. The van der Waals surface area contributed by atoms with Crippen LogP contribution in [0.15, 0.2) is 36.4 Å². The average molecular weight is 321 g/mol. The Labute approximate surface area is 123 Å². The maximum Gasteiger partial charge on any atom is 0.420 e. The number of hydrogen-bond acceptors (Lipinski definition) is 1. The predicted molar refractivity (Wildman–Crippen MR) is 73.5 cm³/mol. The average Bonchev–Trinajstić information content (AvgIpc) is 2.40. The molecule has 0 aliphatic heterocycles. The molecule has 2 aromatic rings. The molecule has 0 bridgehead atoms. The van der Waals surface area contributed by atoms with Gasteiger partial charge in [-0.25, -0.2) is 0 Å². The van der Waals surface area contributed by atoms with Crippen molar-refractivity contribution in [2.75, 3.05) is 7.11 Å². The zero-order valence-electron chi connectivity index (χ0n) is 10.3.